The van der Waals surface area contributed by atoms with Crippen LogP contribution in [0.2, 0.25) is 0 Å². The van der Waals surface area contributed by atoms with Crippen LogP contribution < -0.4 is 16.4 Å². The van der Waals surface area contributed by atoms with Gasteiger partial charge in [0.05, 0.1) is 9.58 Å². The third kappa shape index (κ3) is 5.33. The van der Waals surface area contributed by atoms with Gasteiger partial charge in [0.1, 0.15) is 4.83 Å². The minimum absolute atomic E-state index is 0. The van der Waals surface area contributed by atoms with E-state index in [1.165, 1.54) is 11.3 Å². The number of carbonyl (C=O) groups is 1. The van der Waals surface area contributed by atoms with Gasteiger partial charge in [0.15, 0.2) is 5.13 Å². The fourth-order valence-corrected chi connectivity index (χ4v) is 5.10. The van der Waals surface area contributed by atoms with Crippen LogP contribution in [-0.2, 0) is 0 Å². The van der Waals surface area contributed by atoms with Crippen LogP contribution in [0.1, 0.15) is 35.4 Å². The predicted octanol–water partition coefficient (Wildman–Crippen LogP) is 4.94. The quantitative estimate of drug-likeness (QED) is 0.531. The number of nitrogens with one attached hydrogen (secondary N) is 2. The molecular weight excluding hydrogens is 423 g/mol. The highest BCUT2D eigenvalue weighted by atomic mass is 35.5. The zero-order valence-electron chi connectivity index (χ0n) is 14.5. The molecule has 2 aromatic heterocycles. The highest BCUT2D eigenvalue weighted by Crippen LogP contribution is 2.34. The molecule has 146 valence electrons. The number of para-hydroxylation sites is 1. The first-order valence-corrected chi connectivity index (χ1v) is 10.1. The minimum atomic E-state index is 0. The molecule has 0 saturated heterocycles. The number of hydrogen-bond donors (Lipinski definition) is 3. The molecule has 3 aromatic rings. The average Bonchev–Trinajstić information content (AvgIpc) is 3.16. The average molecular weight is 445 g/mol. The molecule has 1 aliphatic carbocycles. The van der Waals surface area contributed by atoms with Gasteiger partial charge in [-0.2, -0.15) is 0 Å². The molecule has 4 N–H and O–H groups in total. The summed E-state index contributed by atoms with van der Waals surface area (Å²) in [5.41, 5.74) is 6.93. The van der Waals surface area contributed by atoms with E-state index < -0.39 is 0 Å². The van der Waals surface area contributed by atoms with Crippen molar-refractivity contribution in [3.05, 3.63) is 41.3 Å². The number of fused-ring (bicyclic) bond motifs is 1. The molecular formula is C18H22Cl2N4OS2. The van der Waals surface area contributed by atoms with Gasteiger partial charge in [0.2, 0.25) is 0 Å². The summed E-state index contributed by atoms with van der Waals surface area (Å²) in [5.74, 6) is 0.00763. The SMILES string of the molecule is Cl.Cl.NC1CCC(NC(=O)c2cc3sc(Nc4ccccc4)nc3s2)CC1. The number of rotatable bonds is 4. The monoisotopic (exact) mass is 444 g/mol. The molecule has 0 bridgehead atoms. The van der Waals surface area contributed by atoms with Crippen molar-refractivity contribution >= 4 is 73.7 Å². The molecule has 0 radical (unpaired) electrons. The van der Waals surface area contributed by atoms with Gasteiger partial charge < -0.3 is 16.4 Å². The molecule has 4 rings (SSSR count). The van der Waals surface area contributed by atoms with Gasteiger partial charge >= 0.3 is 0 Å². The lowest BCUT2D eigenvalue weighted by Crippen LogP contribution is -2.40. The van der Waals surface area contributed by atoms with Gasteiger partial charge in [0, 0.05) is 17.8 Å². The highest BCUT2D eigenvalue weighted by Gasteiger charge is 2.22. The van der Waals surface area contributed by atoms with Gasteiger partial charge in [-0.15, -0.1) is 36.2 Å². The molecule has 27 heavy (non-hydrogen) atoms. The second kappa shape index (κ2) is 9.71. The summed E-state index contributed by atoms with van der Waals surface area (Å²) in [4.78, 5) is 18.7. The van der Waals surface area contributed by atoms with Crippen molar-refractivity contribution in [2.75, 3.05) is 5.32 Å². The highest BCUT2D eigenvalue weighted by molar-refractivity contribution is 7.29. The number of anilines is 2. The number of thiazole rings is 1. The summed E-state index contributed by atoms with van der Waals surface area (Å²) < 4.78 is 1.04. The maximum atomic E-state index is 12.5. The maximum Gasteiger partial charge on any atom is 0.261 e. The first-order chi connectivity index (χ1) is 12.2. The van der Waals surface area contributed by atoms with Crippen LogP contribution in [0.15, 0.2) is 36.4 Å². The van der Waals surface area contributed by atoms with Crippen LogP contribution in [0.4, 0.5) is 10.8 Å². The summed E-state index contributed by atoms with van der Waals surface area (Å²) in [7, 11) is 0. The molecule has 1 aliphatic rings. The van der Waals surface area contributed by atoms with Crippen molar-refractivity contribution in [3.8, 4) is 0 Å². The Balaban J connectivity index is 0.00000131. The molecule has 0 aliphatic heterocycles. The van der Waals surface area contributed by atoms with E-state index in [9.17, 15) is 4.79 Å². The summed E-state index contributed by atoms with van der Waals surface area (Å²) in [5, 5.41) is 7.29. The topological polar surface area (TPSA) is 80.0 Å². The fourth-order valence-electron chi connectivity index (χ4n) is 3.07. The molecule has 1 fully saturated rings. The van der Waals surface area contributed by atoms with Gasteiger partial charge in [-0.1, -0.05) is 29.5 Å². The number of thiophene rings is 1. The molecule has 0 unspecified atom stereocenters. The van der Waals surface area contributed by atoms with Crippen molar-refractivity contribution in [1.82, 2.24) is 10.3 Å². The van der Waals surface area contributed by atoms with Crippen LogP contribution in [-0.4, -0.2) is 23.0 Å². The lowest BCUT2D eigenvalue weighted by molar-refractivity contribution is 0.0930. The van der Waals surface area contributed by atoms with Crippen molar-refractivity contribution in [2.24, 2.45) is 5.73 Å². The smallest absolute Gasteiger partial charge is 0.261 e. The van der Waals surface area contributed by atoms with E-state index in [2.05, 4.69) is 15.6 Å². The lowest BCUT2D eigenvalue weighted by atomic mass is 9.92. The normalized spacial score (nSPS) is 19.0. The van der Waals surface area contributed by atoms with Crippen LogP contribution in [0.5, 0.6) is 0 Å². The van der Waals surface area contributed by atoms with Crippen LogP contribution >= 0.6 is 47.5 Å². The van der Waals surface area contributed by atoms with Gasteiger partial charge in [-0.25, -0.2) is 4.98 Å². The molecule has 2 heterocycles. The minimum Gasteiger partial charge on any atom is -0.349 e. The Bertz CT molecular complexity index is 845. The number of amides is 1. The number of nitrogens with two attached hydrogens (primary N) is 1. The summed E-state index contributed by atoms with van der Waals surface area (Å²) in [6.07, 6.45) is 3.91. The third-order valence-electron chi connectivity index (χ3n) is 4.45. The van der Waals surface area contributed by atoms with E-state index in [4.69, 9.17) is 5.73 Å². The zero-order valence-corrected chi connectivity index (χ0v) is 17.8. The van der Waals surface area contributed by atoms with E-state index in [1.54, 1.807) is 11.3 Å². The number of benzene rings is 1. The van der Waals surface area contributed by atoms with E-state index in [1.807, 2.05) is 36.4 Å². The van der Waals surface area contributed by atoms with Crippen LogP contribution in [0.25, 0.3) is 9.53 Å². The van der Waals surface area contributed by atoms with Crippen LogP contribution in [0, 0.1) is 0 Å². The van der Waals surface area contributed by atoms with Gasteiger partial charge in [-0.3, -0.25) is 4.79 Å². The van der Waals surface area contributed by atoms with E-state index >= 15 is 0 Å². The summed E-state index contributed by atoms with van der Waals surface area (Å²) in [6.45, 7) is 0. The molecule has 1 saturated carbocycles. The number of nitrogens with zero attached hydrogens (tertiary/aromatic N) is 1. The van der Waals surface area contributed by atoms with Crippen LogP contribution in [0.3, 0.4) is 0 Å². The second-order valence-electron chi connectivity index (χ2n) is 6.38. The molecule has 1 amide bonds. The molecule has 0 spiro atoms. The first-order valence-electron chi connectivity index (χ1n) is 8.46. The maximum absolute atomic E-state index is 12.5. The number of halogens is 2. The molecule has 0 atom stereocenters. The Hall–Kier alpha value is -1.38. The van der Waals surface area contributed by atoms with Gasteiger partial charge in [0.25, 0.3) is 5.91 Å². The van der Waals surface area contributed by atoms with Crippen molar-refractivity contribution < 1.29 is 4.79 Å². The summed E-state index contributed by atoms with van der Waals surface area (Å²) in [6, 6.07) is 12.4. The number of carbonyl (C=O) groups excluding carboxylic acids is 1. The Morgan fingerprint density at radius 1 is 1.07 bits per heavy atom. The van der Waals surface area contributed by atoms with Crippen molar-refractivity contribution in [3.63, 3.8) is 0 Å². The first kappa shape index (κ1) is 21.9. The lowest BCUT2D eigenvalue weighted by Gasteiger charge is -2.26. The molecule has 5 nitrogen and oxygen atoms in total. The number of hydrogen-bond acceptors (Lipinski definition) is 6. The Kier molecular flexibility index (Phi) is 7.88. The van der Waals surface area contributed by atoms with Crippen molar-refractivity contribution in [1.29, 1.82) is 0 Å². The van der Waals surface area contributed by atoms with E-state index in [0.717, 1.165) is 50.9 Å². The largest absolute Gasteiger partial charge is 0.349 e. The standard InChI is InChI=1S/C18H20N4OS2.2ClH/c19-11-6-8-13(9-7-11)20-16(23)14-10-15-17(24-14)22-18(25-15)21-12-4-2-1-3-5-12;;/h1-5,10-11,13H,6-9,19H2,(H,20,23)(H,21,22);2*1H. The molecule has 9 heteroatoms. The van der Waals surface area contributed by atoms with Crippen molar-refractivity contribution in [2.45, 2.75) is 37.8 Å². The Morgan fingerprint density at radius 2 is 1.78 bits per heavy atom. The van der Waals surface area contributed by atoms with E-state index in [-0.39, 0.29) is 36.8 Å². The summed E-state index contributed by atoms with van der Waals surface area (Å²) >= 11 is 3.02. The fraction of sp³-hybridized carbons (Fsp3) is 0.333. The Morgan fingerprint density at radius 3 is 2.44 bits per heavy atom. The number of aromatic nitrogens is 1. The third-order valence-corrected chi connectivity index (χ3v) is 6.52. The zero-order chi connectivity index (χ0) is 17.2. The second-order valence-corrected chi connectivity index (χ2v) is 8.44. The molecule has 1 aromatic carbocycles. The predicted molar refractivity (Wildman–Crippen MR) is 119 cm³/mol. The van der Waals surface area contributed by atoms with Gasteiger partial charge in [-0.05, 0) is 43.9 Å². The van der Waals surface area contributed by atoms with E-state index in [0.29, 0.717) is 6.04 Å². The Labute approximate surface area is 178 Å².